The van der Waals surface area contributed by atoms with Crippen LogP contribution >= 0.6 is 0 Å². The second-order valence-electron chi connectivity index (χ2n) is 7.23. The van der Waals surface area contributed by atoms with Gasteiger partial charge in [0.05, 0.1) is 32.6 Å². The Kier molecular flexibility index (Phi) is 7.08. The Labute approximate surface area is 177 Å². The lowest BCUT2D eigenvalue weighted by Gasteiger charge is -2.22. The summed E-state index contributed by atoms with van der Waals surface area (Å²) in [6, 6.07) is 15.6. The van der Waals surface area contributed by atoms with Crippen LogP contribution in [-0.4, -0.2) is 60.3 Å². The van der Waals surface area contributed by atoms with Gasteiger partial charge < -0.3 is 14.4 Å². The molecule has 0 aliphatic carbocycles. The number of methoxy groups -OCH3 is 2. The van der Waals surface area contributed by atoms with Crippen LogP contribution in [-0.2, 0) is 17.9 Å². The second kappa shape index (κ2) is 9.93. The van der Waals surface area contributed by atoms with Crippen LogP contribution in [0.4, 0.5) is 0 Å². The van der Waals surface area contributed by atoms with Gasteiger partial charge in [-0.05, 0) is 25.2 Å². The number of aromatic nitrogens is 2. The summed E-state index contributed by atoms with van der Waals surface area (Å²) in [6.07, 6.45) is 3.74. The molecular formula is C23H28N4O3. The van der Waals surface area contributed by atoms with E-state index in [0.29, 0.717) is 19.6 Å². The van der Waals surface area contributed by atoms with Gasteiger partial charge in [0, 0.05) is 43.5 Å². The lowest BCUT2D eigenvalue weighted by atomic mass is 10.1. The van der Waals surface area contributed by atoms with Crippen molar-refractivity contribution in [1.29, 1.82) is 0 Å². The van der Waals surface area contributed by atoms with Gasteiger partial charge in [-0.25, -0.2) is 4.68 Å². The van der Waals surface area contributed by atoms with E-state index in [1.807, 2.05) is 78.4 Å². The fourth-order valence-electron chi connectivity index (χ4n) is 3.21. The molecule has 30 heavy (non-hydrogen) atoms. The number of hydrogen-bond acceptors (Lipinski definition) is 5. The summed E-state index contributed by atoms with van der Waals surface area (Å²) in [5.74, 6) is 1.53. The first-order valence-corrected chi connectivity index (χ1v) is 9.72. The number of benzene rings is 2. The fraction of sp³-hybridized carbons (Fsp3) is 0.304. The van der Waals surface area contributed by atoms with E-state index in [0.717, 1.165) is 28.3 Å². The molecule has 0 aliphatic rings. The summed E-state index contributed by atoms with van der Waals surface area (Å²) in [4.78, 5) is 16.4. The van der Waals surface area contributed by atoms with Gasteiger partial charge in [0.15, 0.2) is 0 Å². The molecule has 1 aromatic heterocycles. The lowest BCUT2D eigenvalue weighted by Crippen LogP contribution is -2.36. The van der Waals surface area contributed by atoms with E-state index >= 15 is 0 Å². The topological polar surface area (TPSA) is 59.8 Å². The Balaban J connectivity index is 1.56. The number of rotatable bonds is 9. The molecule has 0 N–H and O–H groups in total. The number of carbonyl (C=O) groups is 1. The summed E-state index contributed by atoms with van der Waals surface area (Å²) in [5.41, 5.74) is 2.97. The van der Waals surface area contributed by atoms with Crippen molar-refractivity contribution in [2.24, 2.45) is 0 Å². The predicted octanol–water partition coefficient (Wildman–Crippen LogP) is 2.98. The van der Waals surface area contributed by atoms with E-state index in [2.05, 4.69) is 5.10 Å². The highest BCUT2D eigenvalue weighted by Crippen LogP contribution is 2.25. The van der Waals surface area contributed by atoms with Crippen LogP contribution in [0, 0.1) is 0 Å². The summed E-state index contributed by atoms with van der Waals surface area (Å²) in [7, 11) is 6.98. The number of likely N-dealkylation sites (N-methyl/N-ethyl adjacent to an activating group) is 2. The maximum absolute atomic E-state index is 12.7. The van der Waals surface area contributed by atoms with Crippen molar-refractivity contribution in [1.82, 2.24) is 19.6 Å². The molecule has 0 bridgehead atoms. The third kappa shape index (κ3) is 5.39. The van der Waals surface area contributed by atoms with E-state index < -0.39 is 0 Å². The molecule has 1 heterocycles. The molecule has 0 fully saturated rings. The first-order valence-electron chi connectivity index (χ1n) is 9.72. The van der Waals surface area contributed by atoms with Crippen molar-refractivity contribution in [2.75, 3.05) is 34.9 Å². The first kappa shape index (κ1) is 21.4. The highest BCUT2D eigenvalue weighted by Gasteiger charge is 2.15. The zero-order valence-electron chi connectivity index (χ0n) is 17.9. The molecule has 7 nitrogen and oxygen atoms in total. The number of hydrogen-bond donors (Lipinski definition) is 0. The molecule has 3 rings (SSSR count). The summed E-state index contributed by atoms with van der Waals surface area (Å²) in [6.45, 7) is 1.41. The molecular weight excluding hydrogens is 380 g/mol. The van der Waals surface area contributed by atoms with Crippen molar-refractivity contribution < 1.29 is 14.3 Å². The van der Waals surface area contributed by atoms with E-state index in [4.69, 9.17) is 9.47 Å². The van der Waals surface area contributed by atoms with Crippen LogP contribution in [0.5, 0.6) is 11.5 Å². The Bertz CT molecular complexity index is 972. The average Bonchev–Trinajstić information content (AvgIpc) is 3.23. The highest BCUT2D eigenvalue weighted by molar-refractivity contribution is 5.78. The van der Waals surface area contributed by atoms with E-state index in [-0.39, 0.29) is 5.91 Å². The normalized spacial score (nSPS) is 10.8. The summed E-state index contributed by atoms with van der Waals surface area (Å²) in [5, 5.41) is 4.39. The zero-order chi connectivity index (χ0) is 21.5. The minimum Gasteiger partial charge on any atom is -0.497 e. The van der Waals surface area contributed by atoms with Gasteiger partial charge in [-0.15, -0.1) is 0 Å². The Morgan fingerprint density at radius 1 is 1.03 bits per heavy atom. The second-order valence-corrected chi connectivity index (χ2v) is 7.23. The fourth-order valence-corrected chi connectivity index (χ4v) is 3.21. The molecule has 0 spiro atoms. The quantitative estimate of drug-likeness (QED) is 0.545. The van der Waals surface area contributed by atoms with Gasteiger partial charge in [-0.3, -0.25) is 9.69 Å². The van der Waals surface area contributed by atoms with Crippen LogP contribution < -0.4 is 9.47 Å². The van der Waals surface area contributed by atoms with Crippen LogP contribution in [0.1, 0.15) is 11.1 Å². The van der Waals surface area contributed by atoms with Crippen LogP contribution in [0.25, 0.3) is 5.69 Å². The smallest absolute Gasteiger partial charge is 0.236 e. The largest absolute Gasteiger partial charge is 0.497 e. The molecule has 0 aliphatic heterocycles. The third-order valence-corrected chi connectivity index (χ3v) is 4.84. The molecule has 158 valence electrons. The number of carbonyl (C=O) groups excluding carboxylic acids is 1. The van der Waals surface area contributed by atoms with Crippen molar-refractivity contribution in [3.8, 4) is 17.2 Å². The van der Waals surface area contributed by atoms with Crippen molar-refractivity contribution in [3.05, 3.63) is 72.1 Å². The standard InChI is InChI=1S/C23H28N4O3/c1-25(16-19-10-11-21(29-3)12-22(19)30-4)17-23(28)26(2)14-18-13-24-27(15-18)20-8-6-5-7-9-20/h5-13,15H,14,16-17H2,1-4H3. The van der Waals surface area contributed by atoms with Crippen LogP contribution in [0.15, 0.2) is 60.9 Å². The maximum Gasteiger partial charge on any atom is 0.236 e. The monoisotopic (exact) mass is 408 g/mol. The van der Waals surface area contributed by atoms with Gasteiger partial charge in [0.2, 0.25) is 5.91 Å². The van der Waals surface area contributed by atoms with Crippen molar-refractivity contribution in [2.45, 2.75) is 13.1 Å². The van der Waals surface area contributed by atoms with Gasteiger partial charge in [-0.2, -0.15) is 5.10 Å². The molecule has 1 amide bonds. The summed E-state index contributed by atoms with van der Waals surface area (Å²) >= 11 is 0. The molecule has 0 radical (unpaired) electrons. The van der Waals surface area contributed by atoms with Gasteiger partial charge in [0.1, 0.15) is 11.5 Å². The molecule has 0 atom stereocenters. The number of nitrogens with zero attached hydrogens (tertiary/aromatic N) is 4. The molecule has 0 saturated heterocycles. The molecule has 2 aromatic carbocycles. The van der Waals surface area contributed by atoms with Gasteiger partial charge >= 0.3 is 0 Å². The molecule has 3 aromatic rings. The average molecular weight is 409 g/mol. The zero-order valence-corrected chi connectivity index (χ0v) is 17.9. The van der Waals surface area contributed by atoms with Gasteiger partial charge in [-0.1, -0.05) is 24.3 Å². The Hall–Kier alpha value is -3.32. The van der Waals surface area contributed by atoms with Crippen LogP contribution in [0.2, 0.25) is 0 Å². The molecule has 0 unspecified atom stereocenters. The Morgan fingerprint density at radius 2 is 1.80 bits per heavy atom. The Morgan fingerprint density at radius 3 is 2.50 bits per heavy atom. The first-order chi connectivity index (χ1) is 14.5. The number of ether oxygens (including phenoxy) is 2. The molecule has 0 saturated carbocycles. The maximum atomic E-state index is 12.7. The van der Waals surface area contributed by atoms with E-state index in [9.17, 15) is 4.79 Å². The van der Waals surface area contributed by atoms with Crippen LogP contribution in [0.3, 0.4) is 0 Å². The van der Waals surface area contributed by atoms with E-state index in [1.165, 1.54) is 0 Å². The number of para-hydroxylation sites is 1. The van der Waals surface area contributed by atoms with Gasteiger partial charge in [0.25, 0.3) is 0 Å². The number of amides is 1. The minimum absolute atomic E-state index is 0.0393. The van der Waals surface area contributed by atoms with E-state index in [1.54, 1.807) is 25.3 Å². The molecule has 7 heteroatoms. The summed E-state index contributed by atoms with van der Waals surface area (Å²) < 4.78 is 12.5. The lowest BCUT2D eigenvalue weighted by molar-refractivity contribution is -0.131. The predicted molar refractivity (Wildman–Crippen MR) is 116 cm³/mol. The minimum atomic E-state index is 0.0393. The highest BCUT2D eigenvalue weighted by atomic mass is 16.5. The van der Waals surface area contributed by atoms with Crippen molar-refractivity contribution in [3.63, 3.8) is 0 Å². The van der Waals surface area contributed by atoms with Crippen molar-refractivity contribution >= 4 is 5.91 Å². The SMILES string of the molecule is COc1ccc(CN(C)CC(=O)N(C)Cc2cnn(-c3ccccc3)c2)c(OC)c1. The third-order valence-electron chi connectivity index (χ3n) is 4.84.